The maximum absolute atomic E-state index is 10.5. The van der Waals surface area contributed by atoms with Crippen molar-refractivity contribution in [2.24, 2.45) is 0 Å². The monoisotopic (exact) mass is 449 g/mol. The molecule has 0 aliphatic carbocycles. The molecule has 0 fully saturated rings. The Hall–Kier alpha value is -3.22. The van der Waals surface area contributed by atoms with E-state index in [2.05, 4.69) is 29.2 Å². The van der Waals surface area contributed by atoms with Gasteiger partial charge in [0.05, 0.1) is 41.1 Å². The molecule has 1 aliphatic heterocycles. The van der Waals surface area contributed by atoms with Gasteiger partial charge in [0, 0.05) is 12.6 Å². The first-order valence-electron chi connectivity index (χ1n) is 11.0. The SMILES string of the molecule is COc1ccc([C@@H]2Cc3cc(OC)c(OC)cc3CN2[C@H](CO)c2ccccc2)cc1OC. The lowest BCUT2D eigenvalue weighted by Crippen LogP contribution is -2.38. The van der Waals surface area contributed by atoms with E-state index < -0.39 is 0 Å². The molecule has 0 aromatic heterocycles. The van der Waals surface area contributed by atoms with Crippen LogP contribution in [0.1, 0.15) is 34.3 Å². The maximum atomic E-state index is 10.5. The van der Waals surface area contributed by atoms with Gasteiger partial charge in [0.25, 0.3) is 0 Å². The molecule has 3 aromatic rings. The second-order valence-electron chi connectivity index (χ2n) is 8.09. The minimum Gasteiger partial charge on any atom is -0.493 e. The van der Waals surface area contributed by atoms with E-state index in [1.807, 2.05) is 36.4 Å². The lowest BCUT2D eigenvalue weighted by atomic mass is 9.87. The Morgan fingerprint density at radius 1 is 0.788 bits per heavy atom. The maximum Gasteiger partial charge on any atom is 0.161 e. The highest BCUT2D eigenvalue weighted by Gasteiger charge is 2.34. The van der Waals surface area contributed by atoms with Crippen LogP contribution < -0.4 is 18.9 Å². The summed E-state index contributed by atoms with van der Waals surface area (Å²) in [4.78, 5) is 2.35. The summed E-state index contributed by atoms with van der Waals surface area (Å²) in [6, 6.07) is 20.2. The number of methoxy groups -OCH3 is 4. The van der Waals surface area contributed by atoms with Gasteiger partial charge in [-0.15, -0.1) is 0 Å². The van der Waals surface area contributed by atoms with Crippen molar-refractivity contribution < 1.29 is 24.1 Å². The van der Waals surface area contributed by atoms with Crippen LogP contribution in [-0.2, 0) is 13.0 Å². The first kappa shape index (κ1) is 23.0. The molecule has 0 saturated carbocycles. The van der Waals surface area contributed by atoms with Gasteiger partial charge in [0.15, 0.2) is 23.0 Å². The first-order valence-corrected chi connectivity index (χ1v) is 11.0. The molecular formula is C27H31NO5. The Morgan fingerprint density at radius 2 is 1.39 bits per heavy atom. The van der Waals surface area contributed by atoms with E-state index in [4.69, 9.17) is 18.9 Å². The van der Waals surface area contributed by atoms with E-state index in [1.54, 1.807) is 28.4 Å². The summed E-state index contributed by atoms with van der Waals surface area (Å²) >= 11 is 0. The Bertz CT molecular complexity index is 1090. The quantitative estimate of drug-likeness (QED) is 0.544. The number of fused-ring (bicyclic) bond motifs is 1. The molecule has 6 nitrogen and oxygen atoms in total. The predicted octanol–water partition coefficient (Wildman–Crippen LogP) is 4.55. The highest BCUT2D eigenvalue weighted by atomic mass is 16.5. The van der Waals surface area contributed by atoms with E-state index in [0.717, 1.165) is 23.3 Å². The molecule has 0 saturated heterocycles. The van der Waals surface area contributed by atoms with Crippen molar-refractivity contribution in [3.05, 3.63) is 82.9 Å². The molecule has 0 unspecified atom stereocenters. The summed E-state index contributed by atoms with van der Waals surface area (Å²) in [7, 11) is 6.59. The molecule has 0 amide bonds. The highest BCUT2D eigenvalue weighted by Crippen LogP contribution is 2.43. The van der Waals surface area contributed by atoms with Crippen molar-refractivity contribution in [3.8, 4) is 23.0 Å². The smallest absolute Gasteiger partial charge is 0.161 e. The van der Waals surface area contributed by atoms with Gasteiger partial charge in [0.1, 0.15) is 0 Å². The van der Waals surface area contributed by atoms with E-state index >= 15 is 0 Å². The third kappa shape index (κ3) is 4.49. The van der Waals surface area contributed by atoms with E-state index in [1.165, 1.54) is 11.1 Å². The van der Waals surface area contributed by atoms with E-state index in [-0.39, 0.29) is 18.7 Å². The molecule has 0 bridgehead atoms. The Morgan fingerprint density at radius 3 is 2.00 bits per heavy atom. The molecule has 0 radical (unpaired) electrons. The second kappa shape index (κ2) is 10.1. The van der Waals surface area contributed by atoms with Gasteiger partial charge in [0.2, 0.25) is 0 Å². The first-order chi connectivity index (χ1) is 16.1. The minimum absolute atomic E-state index is 0.0103. The van der Waals surface area contributed by atoms with E-state index in [9.17, 15) is 5.11 Å². The molecule has 33 heavy (non-hydrogen) atoms. The molecular weight excluding hydrogens is 418 g/mol. The van der Waals surface area contributed by atoms with E-state index in [0.29, 0.717) is 23.8 Å². The lowest BCUT2D eigenvalue weighted by molar-refractivity contribution is 0.0653. The summed E-state index contributed by atoms with van der Waals surface area (Å²) < 4.78 is 22.1. The predicted molar refractivity (Wildman–Crippen MR) is 127 cm³/mol. The highest BCUT2D eigenvalue weighted by molar-refractivity contribution is 5.50. The minimum atomic E-state index is -0.162. The standard InChI is InChI=1S/C27H31NO5/c1-30-24-11-10-19(13-25(24)31-2)22-12-20-14-26(32-3)27(33-4)15-21(20)16-28(22)23(17-29)18-8-6-5-7-9-18/h5-11,13-15,22-23,29H,12,16-17H2,1-4H3/t22-,23+/m0/s1. The normalized spacial score (nSPS) is 16.6. The van der Waals surface area contributed by atoms with Crippen molar-refractivity contribution in [2.45, 2.75) is 25.0 Å². The third-order valence-corrected chi connectivity index (χ3v) is 6.42. The van der Waals surface area contributed by atoms with Gasteiger partial charge in [-0.2, -0.15) is 0 Å². The van der Waals surface area contributed by atoms with Crippen molar-refractivity contribution in [1.29, 1.82) is 0 Å². The second-order valence-corrected chi connectivity index (χ2v) is 8.09. The Balaban J connectivity index is 1.82. The van der Waals surface area contributed by atoms with Crippen LogP contribution in [0, 0.1) is 0 Å². The van der Waals surface area contributed by atoms with Gasteiger partial charge >= 0.3 is 0 Å². The van der Waals surface area contributed by atoms with Crippen LogP contribution in [0.4, 0.5) is 0 Å². The zero-order chi connectivity index (χ0) is 23.4. The molecule has 1 heterocycles. The average molecular weight is 450 g/mol. The number of benzene rings is 3. The molecule has 1 N–H and O–H groups in total. The number of aliphatic hydroxyl groups is 1. The summed E-state index contributed by atoms with van der Waals surface area (Å²) in [6.45, 7) is 0.672. The van der Waals surface area contributed by atoms with Crippen molar-refractivity contribution >= 4 is 0 Å². The Labute approximate surface area is 195 Å². The number of nitrogens with zero attached hydrogens (tertiary/aromatic N) is 1. The lowest BCUT2D eigenvalue weighted by Gasteiger charge is -2.42. The average Bonchev–Trinajstić information content (AvgIpc) is 2.88. The van der Waals surface area contributed by atoms with Crippen LogP contribution in [-0.4, -0.2) is 45.1 Å². The van der Waals surface area contributed by atoms with Crippen LogP contribution in [0.2, 0.25) is 0 Å². The number of rotatable bonds is 8. The van der Waals surface area contributed by atoms with Crippen LogP contribution in [0.3, 0.4) is 0 Å². The summed E-state index contributed by atoms with van der Waals surface area (Å²) in [5.74, 6) is 2.81. The van der Waals surface area contributed by atoms with Gasteiger partial charge in [-0.1, -0.05) is 36.4 Å². The van der Waals surface area contributed by atoms with Crippen LogP contribution in [0.5, 0.6) is 23.0 Å². The number of hydrogen-bond donors (Lipinski definition) is 1. The van der Waals surface area contributed by atoms with Crippen molar-refractivity contribution in [2.75, 3.05) is 35.0 Å². The van der Waals surface area contributed by atoms with Crippen molar-refractivity contribution in [1.82, 2.24) is 4.90 Å². The van der Waals surface area contributed by atoms with Crippen molar-refractivity contribution in [3.63, 3.8) is 0 Å². The zero-order valence-corrected chi connectivity index (χ0v) is 19.6. The molecule has 6 heteroatoms. The van der Waals surface area contributed by atoms with Crippen LogP contribution in [0.25, 0.3) is 0 Å². The van der Waals surface area contributed by atoms with Gasteiger partial charge in [-0.25, -0.2) is 0 Å². The fourth-order valence-electron chi connectivity index (χ4n) is 4.71. The van der Waals surface area contributed by atoms with Gasteiger partial charge in [-0.05, 0) is 52.9 Å². The van der Waals surface area contributed by atoms with Crippen LogP contribution >= 0.6 is 0 Å². The Kier molecular flexibility index (Phi) is 7.06. The summed E-state index contributed by atoms with van der Waals surface area (Å²) in [5.41, 5.74) is 4.55. The molecule has 174 valence electrons. The van der Waals surface area contributed by atoms with Gasteiger partial charge in [-0.3, -0.25) is 4.90 Å². The number of hydrogen-bond acceptors (Lipinski definition) is 6. The molecule has 4 rings (SSSR count). The largest absolute Gasteiger partial charge is 0.493 e. The molecule has 0 spiro atoms. The molecule has 3 aromatic carbocycles. The fourth-order valence-corrected chi connectivity index (χ4v) is 4.71. The molecule has 1 aliphatic rings. The summed E-state index contributed by atoms with van der Waals surface area (Å²) in [5, 5.41) is 10.5. The summed E-state index contributed by atoms with van der Waals surface area (Å²) in [6.07, 6.45) is 0.758. The fraction of sp³-hybridized carbons (Fsp3) is 0.333. The molecule has 2 atom stereocenters. The zero-order valence-electron chi connectivity index (χ0n) is 19.6. The number of ether oxygens (including phenoxy) is 4. The van der Waals surface area contributed by atoms with Gasteiger partial charge < -0.3 is 24.1 Å². The number of aliphatic hydroxyl groups excluding tert-OH is 1. The van der Waals surface area contributed by atoms with Crippen LogP contribution in [0.15, 0.2) is 60.7 Å². The third-order valence-electron chi connectivity index (χ3n) is 6.42. The topological polar surface area (TPSA) is 60.4 Å².